The smallest absolute Gasteiger partial charge is 0.144 e. The summed E-state index contributed by atoms with van der Waals surface area (Å²) in [4.78, 5) is 0. The molecule has 0 spiro atoms. The molecule has 1 rings (SSSR count). The summed E-state index contributed by atoms with van der Waals surface area (Å²) in [5, 5.41) is 3.08. The predicted octanol–water partition coefficient (Wildman–Crippen LogP) is 3.82. The van der Waals surface area contributed by atoms with Gasteiger partial charge in [0.2, 0.25) is 0 Å². The minimum absolute atomic E-state index is 0.0933. The second kappa shape index (κ2) is 7.34. The summed E-state index contributed by atoms with van der Waals surface area (Å²) in [5.41, 5.74) is 0.0933. The van der Waals surface area contributed by atoms with E-state index in [0.29, 0.717) is 10.4 Å². The summed E-state index contributed by atoms with van der Waals surface area (Å²) >= 11 is 4.82. The average molecular weight is 324 g/mol. The van der Waals surface area contributed by atoms with Crippen LogP contribution in [0.5, 0.6) is 0 Å². The highest BCUT2D eigenvalue weighted by molar-refractivity contribution is 9.10. The first-order chi connectivity index (χ1) is 8.06. The Labute approximate surface area is 113 Å². The molecule has 0 bridgehead atoms. The molecule has 1 unspecified atom stereocenters. The highest BCUT2D eigenvalue weighted by atomic mass is 79.9. The Balaban J connectivity index is 2.55. The van der Waals surface area contributed by atoms with Crippen LogP contribution in [-0.4, -0.2) is 18.6 Å². The van der Waals surface area contributed by atoms with Crippen LogP contribution in [0.1, 0.15) is 12.5 Å². The van der Waals surface area contributed by atoms with Crippen molar-refractivity contribution in [2.45, 2.75) is 13.5 Å². The van der Waals surface area contributed by atoms with Gasteiger partial charge in [-0.15, -0.1) is 0 Å². The molecule has 0 saturated carbocycles. The standard InChI is InChI=1S/C12H16BrF2NS/c1-8(7-17-2)5-16-6-9-11(14)4-3-10(13)12(9)15/h3-4,8,16H,5-7H2,1-2H3. The predicted molar refractivity (Wildman–Crippen MR) is 73.3 cm³/mol. The molecule has 0 aliphatic carbocycles. The molecule has 1 nitrogen and oxygen atoms in total. The quantitative estimate of drug-likeness (QED) is 0.799. The van der Waals surface area contributed by atoms with Gasteiger partial charge in [-0.1, -0.05) is 6.92 Å². The van der Waals surface area contributed by atoms with Crippen LogP contribution in [0.25, 0.3) is 0 Å². The van der Waals surface area contributed by atoms with E-state index in [4.69, 9.17) is 0 Å². The molecule has 96 valence electrons. The minimum atomic E-state index is -0.519. The van der Waals surface area contributed by atoms with Crippen molar-refractivity contribution in [2.75, 3.05) is 18.6 Å². The Morgan fingerprint density at radius 2 is 2.12 bits per heavy atom. The van der Waals surface area contributed by atoms with Crippen molar-refractivity contribution < 1.29 is 8.78 Å². The normalized spacial score (nSPS) is 12.8. The highest BCUT2D eigenvalue weighted by Gasteiger charge is 2.12. The Morgan fingerprint density at radius 1 is 1.41 bits per heavy atom. The fourth-order valence-corrected chi connectivity index (χ4v) is 2.58. The first kappa shape index (κ1) is 14.9. The first-order valence-corrected chi connectivity index (χ1v) is 7.57. The fourth-order valence-electron chi connectivity index (χ4n) is 1.52. The monoisotopic (exact) mass is 323 g/mol. The third-order valence-corrected chi connectivity index (χ3v) is 3.90. The topological polar surface area (TPSA) is 12.0 Å². The maximum absolute atomic E-state index is 13.6. The van der Waals surface area contributed by atoms with Crippen LogP contribution in [0.2, 0.25) is 0 Å². The molecule has 1 N–H and O–H groups in total. The Morgan fingerprint density at radius 3 is 2.76 bits per heavy atom. The zero-order chi connectivity index (χ0) is 12.8. The number of benzene rings is 1. The van der Waals surface area contributed by atoms with Gasteiger partial charge in [-0.25, -0.2) is 8.78 Å². The van der Waals surface area contributed by atoms with Crippen molar-refractivity contribution in [1.82, 2.24) is 5.32 Å². The van der Waals surface area contributed by atoms with Gasteiger partial charge in [0.1, 0.15) is 11.6 Å². The van der Waals surface area contributed by atoms with E-state index in [1.165, 1.54) is 12.1 Å². The lowest BCUT2D eigenvalue weighted by Gasteiger charge is -2.12. The van der Waals surface area contributed by atoms with E-state index in [0.717, 1.165) is 12.3 Å². The summed E-state index contributed by atoms with van der Waals surface area (Å²) in [6.07, 6.45) is 2.05. The van der Waals surface area contributed by atoms with Crippen molar-refractivity contribution in [3.63, 3.8) is 0 Å². The summed E-state index contributed by atoms with van der Waals surface area (Å²) in [6, 6.07) is 2.65. The van der Waals surface area contributed by atoms with Crippen molar-refractivity contribution >= 4 is 27.7 Å². The van der Waals surface area contributed by atoms with E-state index in [1.54, 1.807) is 11.8 Å². The number of thioether (sulfide) groups is 1. The zero-order valence-electron chi connectivity index (χ0n) is 9.90. The van der Waals surface area contributed by atoms with Gasteiger partial charge in [-0.05, 0) is 52.5 Å². The molecule has 0 heterocycles. The van der Waals surface area contributed by atoms with E-state index < -0.39 is 11.6 Å². The molecule has 0 amide bonds. The van der Waals surface area contributed by atoms with Crippen LogP contribution in [-0.2, 0) is 6.54 Å². The average Bonchev–Trinajstić information content (AvgIpc) is 2.29. The van der Waals surface area contributed by atoms with Gasteiger partial charge >= 0.3 is 0 Å². The molecule has 0 aliphatic heterocycles. The third kappa shape index (κ3) is 4.56. The van der Waals surface area contributed by atoms with Crippen molar-refractivity contribution in [3.8, 4) is 0 Å². The van der Waals surface area contributed by atoms with Gasteiger partial charge in [-0.3, -0.25) is 0 Å². The van der Waals surface area contributed by atoms with Crippen LogP contribution >= 0.6 is 27.7 Å². The summed E-state index contributed by atoms with van der Waals surface area (Å²) in [5.74, 6) is 0.505. The minimum Gasteiger partial charge on any atom is -0.312 e. The molecule has 5 heteroatoms. The first-order valence-electron chi connectivity index (χ1n) is 5.38. The van der Waals surface area contributed by atoms with E-state index in [1.807, 2.05) is 6.26 Å². The lowest BCUT2D eigenvalue weighted by Crippen LogP contribution is -2.23. The second-order valence-corrected chi connectivity index (χ2v) is 5.78. The van der Waals surface area contributed by atoms with Crippen LogP contribution in [0.4, 0.5) is 8.78 Å². The highest BCUT2D eigenvalue weighted by Crippen LogP contribution is 2.21. The summed E-state index contributed by atoms with van der Waals surface area (Å²) in [6.45, 7) is 3.08. The second-order valence-electron chi connectivity index (χ2n) is 4.01. The maximum Gasteiger partial charge on any atom is 0.144 e. The van der Waals surface area contributed by atoms with Crippen LogP contribution < -0.4 is 5.32 Å². The van der Waals surface area contributed by atoms with E-state index in [-0.39, 0.29) is 12.1 Å². The van der Waals surface area contributed by atoms with Gasteiger partial charge in [0.05, 0.1) is 4.47 Å². The van der Waals surface area contributed by atoms with E-state index in [2.05, 4.69) is 28.2 Å². The number of hydrogen-bond donors (Lipinski definition) is 1. The van der Waals surface area contributed by atoms with Gasteiger partial charge < -0.3 is 5.32 Å². The molecule has 17 heavy (non-hydrogen) atoms. The van der Waals surface area contributed by atoms with Crippen LogP contribution in [0, 0.1) is 17.6 Å². The zero-order valence-corrected chi connectivity index (χ0v) is 12.3. The van der Waals surface area contributed by atoms with Gasteiger partial charge in [0.15, 0.2) is 0 Å². The molecule has 1 aromatic carbocycles. The molecule has 0 aliphatic rings. The molecule has 1 aromatic rings. The molecule has 0 fully saturated rings. The number of rotatable bonds is 6. The van der Waals surface area contributed by atoms with Crippen LogP contribution in [0.15, 0.2) is 16.6 Å². The molecule has 1 atom stereocenters. The third-order valence-electron chi connectivity index (χ3n) is 2.38. The fraction of sp³-hybridized carbons (Fsp3) is 0.500. The number of hydrogen-bond acceptors (Lipinski definition) is 2. The lowest BCUT2D eigenvalue weighted by atomic mass is 10.1. The van der Waals surface area contributed by atoms with Gasteiger partial charge in [-0.2, -0.15) is 11.8 Å². The molecule has 0 radical (unpaired) electrons. The van der Waals surface area contributed by atoms with Crippen molar-refractivity contribution in [1.29, 1.82) is 0 Å². The molecular formula is C12H16BrF2NS. The molecule has 0 aromatic heterocycles. The van der Waals surface area contributed by atoms with Crippen molar-refractivity contribution in [2.24, 2.45) is 5.92 Å². The number of halogens is 3. The Hall–Kier alpha value is -0.130. The Bertz CT molecular complexity index is 374. The number of nitrogens with one attached hydrogen (secondary N) is 1. The molecular weight excluding hydrogens is 308 g/mol. The van der Waals surface area contributed by atoms with Gasteiger partial charge in [0, 0.05) is 12.1 Å². The maximum atomic E-state index is 13.6. The van der Waals surface area contributed by atoms with Crippen molar-refractivity contribution in [3.05, 3.63) is 33.8 Å². The summed E-state index contributed by atoms with van der Waals surface area (Å²) in [7, 11) is 0. The largest absolute Gasteiger partial charge is 0.312 e. The van der Waals surface area contributed by atoms with Crippen LogP contribution in [0.3, 0.4) is 0 Å². The lowest BCUT2D eigenvalue weighted by molar-refractivity contribution is 0.508. The van der Waals surface area contributed by atoms with E-state index >= 15 is 0 Å². The SMILES string of the molecule is CSCC(C)CNCc1c(F)ccc(Br)c1F. The van der Waals surface area contributed by atoms with Gasteiger partial charge in [0.25, 0.3) is 0 Å². The molecule has 0 saturated heterocycles. The summed E-state index contributed by atoms with van der Waals surface area (Å²) < 4.78 is 27.3. The van der Waals surface area contributed by atoms with E-state index in [9.17, 15) is 8.78 Å². The Kier molecular flexibility index (Phi) is 6.44.